The van der Waals surface area contributed by atoms with Crippen LogP contribution in [0.15, 0.2) is 29.2 Å². The highest BCUT2D eigenvalue weighted by Gasteiger charge is 2.38. The van der Waals surface area contributed by atoms with E-state index in [1.807, 2.05) is 38.1 Å². The summed E-state index contributed by atoms with van der Waals surface area (Å²) in [4.78, 5) is 0.836. The predicted octanol–water partition coefficient (Wildman–Crippen LogP) is 2.80. The van der Waals surface area contributed by atoms with E-state index in [1.165, 1.54) is 5.56 Å². The van der Waals surface area contributed by atoms with Gasteiger partial charge in [-0.25, -0.2) is 0 Å². The Morgan fingerprint density at radius 3 is 2.53 bits per heavy atom. The average Bonchev–Trinajstić information content (AvgIpc) is 2.28. The quantitative estimate of drug-likeness (QED) is 0.879. The van der Waals surface area contributed by atoms with Gasteiger partial charge in [-0.1, -0.05) is 30.5 Å². The maximum atomic E-state index is 12.5. The summed E-state index contributed by atoms with van der Waals surface area (Å²) in [7, 11) is -1.10. The number of rotatable bonds is 2. The molecule has 1 aliphatic carbocycles. The Kier molecular flexibility index (Phi) is 3.69. The lowest BCUT2D eigenvalue weighted by Gasteiger charge is -2.36. The van der Waals surface area contributed by atoms with E-state index >= 15 is 0 Å². The maximum Gasteiger partial charge on any atom is 0.0766 e. The second-order valence-electron chi connectivity index (χ2n) is 5.20. The number of hydrogen-bond acceptors (Lipinski definition) is 2. The van der Waals surface area contributed by atoms with Crippen LogP contribution >= 0.6 is 0 Å². The van der Waals surface area contributed by atoms with E-state index in [4.69, 9.17) is 0 Å². The minimum Gasteiger partial charge on any atom is -0.389 e. The highest BCUT2D eigenvalue weighted by molar-refractivity contribution is 7.85. The first-order valence-corrected chi connectivity index (χ1v) is 7.41. The van der Waals surface area contributed by atoms with Gasteiger partial charge in [0, 0.05) is 4.90 Å². The van der Waals surface area contributed by atoms with Gasteiger partial charge in [-0.2, -0.15) is 0 Å². The molecule has 0 saturated heterocycles. The summed E-state index contributed by atoms with van der Waals surface area (Å²) in [6.07, 6.45) is 3.72. The summed E-state index contributed by atoms with van der Waals surface area (Å²) >= 11 is 0. The van der Waals surface area contributed by atoms with Crippen LogP contribution in [0.3, 0.4) is 0 Å². The Hall–Kier alpha value is -0.670. The Balaban J connectivity index is 2.21. The predicted molar refractivity (Wildman–Crippen MR) is 70.5 cm³/mol. The third kappa shape index (κ3) is 2.78. The van der Waals surface area contributed by atoms with E-state index < -0.39 is 16.4 Å². The molecule has 1 fully saturated rings. The molecule has 2 nitrogen and oxygen atoms in total. The first-order chi connectivity index (χ1) is 8.00. The van der Waals surface area contributed by atoms with Crippen LogP contribution < -0.4 is 0 Å². The molecule has 2 rings (SSSR count). The van der Waals surface area contributed by atoms with Gasteiger partial charge in [0.15, 0.2) is 0 Å². The van der Waals surface area contributed by atoms with Crippen molar-refractivity contribution in [1.82, 2.24) is 0 Å². The number of aliphatic hydroxyl groups is 1. The maximum absolute atomic E-state index is 12.5. The number of benzene rings is 1. The van der Waals surface area contributed by atoms with Crippen molar-refractivity contribution in [2.45, 2.75) is 55.3 Å². The zero-order chi connectivity index (χ0) is 12.5. The van der Waals surface area contributed by atoms with Crippen LogP contribution in [0.4, 0.5) is 0 Å². The molecule has 1 saturated carbocycles. The van der Waals surface area contributed by atoms with E-state index in [-0.39, 0.29) is 5.25 Å². The fourth-order valence-electron chi connectivity index (χ4n) is 2.46. The second-order valence-corrected chi connectivity index (χ2v) is 6.84. The van der Waals surface area contributed by atoms with Crippen LogP contribution in [0.25, 0.3) is 0 Å². The van der Waals surface area contributed by atoms with Gasteiger partial charge in [-0.15, -0.1) is 0 Å². The molecular formula is C14H20O2S. The van der Waals surface area contributed by atoms with E-state index in [0.717, 1.165) is 30.6 Å². The van der Waals surface area contributed by atoms with E-state index in [2.05, 4.69) is 0 Å². The average molecular weight is 252 g/mol. The third-order valence-electron chi connectivity index (χ3n) is 3.60. The van der Waals surface area contributed by atoms with Gasteiger partial charge in [0.05, 0.1) is 21.7 Å². The molecule has 17 heavy (non-hydrogen) atoms. The van der Waals surface area contributed by atoms with Gasteiger partial charge in [-0.3, -0.25) is 4.21 Å². The first kappa shape index (κ1) is 12.8. The molecule has 0 unspecified atom stereocenters. The standard InChI is InChI=1S/C14H20O2S/c1-11-6-8-12(9-7-11)17(16)13-5-3-4-10-14(13,2)15/h6-9,13,15H,3-5,10H2,1-2H3/t13-,14+,17-/m0/s1. The molecule has 0 spiro atoms. The van der Waals surface area contributed by atoms with Crippen LogP contribution in [0.5, 0.6) is 0 Å². The topological polar surface area (TPSA) is 37.3 Å². The van der Waals surface area contributed by atoms with E-state index in [9.17, 15) is 9.32 Å². The van der Waals surface area contributed by atoms with E-state index in [1.54, 1.807) is 0 Å². The smallest absolute Gasteiger partial charge is 0.0766 e. The normalized spacial score (nSPS) is 31.1. The molecule has 1 aromatic rings. The van der Waals surface area contributed by atoms with Gasteiger partial charge < -0.3 is 5.11 Å². The van der Waals surface area contributed by atoms with Crippen LogP contribution in [0.1, 0.15) is 38.2 Å². The molecule has 1 N–H and O–H groups in total. The van der Waals surface area contributed by atoms with E-state index in [0.29, 0.717) is 0 Å². The van der Waals surface area contributed by atoms with Crippen molar-refractivity contribution >= 4 is 10.8 Å². The van der Waals surface area contributed by atoms with Crippen molar-refractivity contribution < 1.29 is 9.32 Å². The van der Waals surface area contributed by atoms with Gasteiger partial charge >= 0.3 is 0 Å². The Bertz CT molecular complexity index is 409. The van der Waals surface area contributed by atoms with Crippen LogP contribution in [0.2, 0.25) is 0 Å². The summed E-state index contributed by atoms with van der Waals surface area (Å²) in [5.74, 6) is 0. The molecule has 3 heteroatoms. The summed E-state index contributed by atoms with van der Waals surface area (Å²) in [5.41, 5.74) is 0.384. The lowest BCUT2D eigenvalue weighted by molar-refractivity contribution is 0.0277. The van der Waals surface area contributed by atoms with Crippen LogP contribution in [-0.4, -0.2) is 20.2 Å². The second kappa shape index (κ2) is 4.91. The Morgan fingerprint density at radius 2 is 1.94 bits per heavy atom. The molecule has 0 aliphatic heterocycles. The fourth-order valence-corrected chi connectivity index (χ4v) is 4.15. The van der Waals surface area contributed by atoms with Crippen molar-refractivity contribution in [1.29, 1.82) is 0 Å². The minimum absolute atomic E-state index is 0.126. The largest absolute Gasteiger partial charge is 0.389 e. The third-order valence-corrected chi connectivity index (χ3v) is 5.60. The Morgan fingerprint density at radius 1 is 1.29 bits per heavy atom. The summed E-state index contributed by atoms with van der Waals surface area (Å²) in [6, 6.07) is 7.78. The van der Waals surface area contributed by atoms with Crippen LogP contribution in [0, 0.1) is 6.92 Å². The van der Waals surface area contributed by atoms with Crippen molar-refractivity contribution in [2.24, 2.45) is 0 Å². The first-order valence-electron chi connectivity index (χ1n) is 6.20. The lowest BCUT2D eigenvalue weighted by Crippen LogP contribution is -2.44. The van der Waals surface area contributed by atoms with Gasteiger partial charge in [0.1, 0.15) is 0 Å². The van der Waals surface area contributed by atoms with Crippen LogP contribution in [-0.2, 0) is 10.8 Å². The molecule has 0 aromatic heterocycles. The summed E-state index contributed by atoms with van der Waals surface area (Å²) < 4.78 is 12.5. The number of aryl methyl sites for hydroxylation is 1. The molecular weight excluding hydrogens is 232 g/mol. The van der Waals surface area contributed by atoms with Gasteiger partial charge in [-0.05, 0) is 38.8 Å². The molecule has 1 aliphatic rings. The number of hydrogen-bond donors (Lipinski definition) is 1. The highest BCUT2D eigenvalue weighted by Crippen LogP contribution is 2.33. The fraction of sp³-hybridized carbons (Fsp3) is 0.571. The molecule has 0 heterocycles. The molecule has 94 valence electrons. The summed E-state index contributed by atoms with van der Waals surface area (Å²) in [6.45, 7) is 3.84. The van der Waals surface area contributed by atoms with Crippen molar-refractivity contribution in [3.05, 3.63) is 29.8 Å². The SMILES string of the molecule is Cc1ccc([S@](=O)[C@H]2CCCC[C@@]2(C)O)cc1. The van der Waals surface area contributed by atoms with Crippen molar-refractivity contribution in [3.8, 4) is 0 Å². The zero-order valence-electron chi connectivity index (χ0n) is 10.5. The molecule has 0 amide bonds. The van der Waals surface area contributed by atoms with Crippen molar-refractivity contribution in [3.63, 3.8) is 0 Å². The lowest BCUT2D eigenvalue weighted by atomic mass is 9.86. The summed E-state index contributed by atoms with van der Waals surface area (Å²) in [5, 5.41) is 10.2. The zero-order valence-corrected chi connectivity index (χ0v) is 11.3. The van der Waals surface area contributed by atoms with Crippen molar-refractivity contribution in [2.75, 3.05) is 0 Å². The molecule has 0 radical (unpaired) electrons. The monoisotopic (exact) mass is 252 g/mol. The minimum atomic E-state index is -1.10. The van der Waals surface area contributed by atoms with Gasteiger partial charge in [0.25, 0.3) is 0 Å². The molecule has 1 aromatic carbocycles. The Labute approximate surface area is 106 Å². The highest BCUT2D eigenvalue weighted by atomic mass is 32.2. The molecule has 0 bridgehead atoms. The molecule has 3 atom stereocenters. The van der Waals surface area contributed by atoms with Gasteiger partial charge in [0.2, 0.25) is 0 Å².